The van der Waals surface area contributed by atoms with Gasteiger partial charge in [-0.25, -0.2) is 18.1 Å². The highest BCUT2D eigenvalue weighted by molar-refractivity contribution is 5.38. The van der Waals surface area contributed by atoms with E-state index >= 15 is 0 Å². The fourth-order valence-corrected chi connectivity index (χ4v) is 1.41. The second kappa shape index (κ2) is 4.06. The van der Waals surface area contributed by atoms with Gasteiger partial charge in [0.15, 0.2) is 0 Å². The van der Waals surface area contributed by atoms with Crippen LogP contribution in [0.4, 0.5) is 13.2 Å². The van der Waals surface area contributed by atoms with E-state index in [2.05, 4.69) is 0 Å². The van der Waals surface area contributed by atoms with Gasteiger partial charge in [0.05, 0.1) is 0 Å². The van der Waals surface area contributed by atoms with E-state index in [0.717, 1.165) is 18.2 Å². The summed E-state index contributed by atoms with van der Waals surface area (Å²) < 4.78 is 39.9. The maximum absolute atomic E-state index is 13.4. The Kier molecular flexibility index (Phi) is 2.70. The zero-order valence-corrected chi connectivity index (χ0v) is 8.58. The van der Waals surface area contributed by atoms with E-state index in [-0.39, 0.29) is 4.57 Å². The molecule has 0 saturated carbocycles. The summed E-state index contributed by atoms with van der Waals surface area (Å²) >= 11 is 0. The monoisotopic (exact) mass is 258 g/mol. The number of nitrogens with one attached hydrogen (secondary N) is 1. The van der Waals surface area contributed by atoms with Crippen LogP contribution in [-0.4, -0.2) is 14.7 Å². The number of aromatic amines is 1. The maximum atomic E-state index is 13.4. The number of benzene rings is 1. The number of rotatable bonds is 1. The molecule has 2 N–H and O–H groups in total. The second-order valence-corrected chi connectivity index (χ2v) is 3.30. The van der Waals surface area contributed by atoms with Gasteiger partial charge in [0.25, 0.3) is 5.56 Å². The van der Waals surface area contributed by atoms with E-state index in [1.807, 2.05) is 0 Å². The SMILES string of the molecule is O=c1[nH]c(=O)n(-c2c(F)cccc2F)c(O)c1F. The van der Waals surface area contributed by atoms with Crippen LogP contribution >= 0.6 is 0 Å². The van der Waals surface area contributed by atoms with Gasteiger partial charge in [-0.05, 0) is 12.1 Å². The molecule has 1 aromatic carbocycles. The van der Waals surface area contributed by atoms with Crippen LogP contribution in [-0.2, 0) is 0 Å². The van der Waals surface area contributed by atoms with Gasteiger partial charge in [-0.3, -0.25) is 9.78 Å². The number of halogens is 3. The summed E-state index contributed by atoms with van der Waals surface area (Å²) in [4.78, 5) is 23.7. The Morgan fingerprint density at radius 3 is 2.22 bits per heavy atom. The summed E-state index contributed by atoms with van der Waals surface area (Å²) in [7, 11) is 0. The lowest BCUT2D eigenvalue weighted by Gasteiger charge is -2.09. The van der Waals surface area contributed by atoms with Crippen LogP contribution in [0.2, 0.25) is 0 Å². The molecule has 18 heavy (non-hydrogen) atoms. The molecule has 0 amide bonds. The first-order valence-electron chi connectivity index (χ1n) is 4.61. The van der Waals surface area contributed by atoms with Gasteiger partial charge in [0.1, 0.15) is 17.3 Å². The molecule has 0 aliphatic carbocycles. The van der Waals surface area contributed by atoms with E-state index in [1.54, 1.807) is 0 Å². The Labute approximate surface area is 96.8 Å². The van der Waals surface area contributed by atoms with Crippen LogP contribution in [0.5, 0.6) is 5.88 Å². The molecular weight excluding hydrogens is 253 g/mol. The Balaban J connectivity index is 2.93. The molecule has 0 radical (unpaired) electrons. The first kappa shape index (κ1) is 12.0. The lowest BCUT2D eigenvalue weighted by Crippen LogP contribution is -2.31. The Morgan fingerprint density at radius 2 is 1.67 bits per heavy atom. The van der Waals surface area contributed by atoms with Gasteiger partial charge in [0, 0.05) is 0 Å². The lowest BCUT2D eigenvalue weighted by atomic mass is 10.3. The number of aromatic hydroxyl groups is 1. The Bertz CT molecular complexity index is 716. The fourth-order valence-electron chi connectivity index (χ4n) is 1.41. The topological polar surface area (TPSA) is 75.1 Å². The van der Waals surface area contributed by atoms with Crippen molar-refractivity contribution in [2.45, 2.75) is 0 Å². The zero-order chi connectivity index (χ0) is 13.4. The molecule has 0 unspecified atom stereocenters. The summed E-state index contributed by atoms with van der Waals surface area (Å²) in [5.41, 5.74) is -3.82. The minimum atomic E-state index is -1.71. The highest BCUT2D eigenvalue weighted by Crippen LogP contribution is 2.20. The molecule has 2 rings (SSSR count). The molecule has 1 heterocycles. The molecule has 0 bridgehead atoms. The van der Waals surface area contributed by atoms with E-state index in [4.69, 9.17) is 0 Å². The van der Waals surface area contributed by atoms with Gasteiger partial charge in [-0.2, -0.15) is 4.39 Å². The molecule has 0 fully saturated rings. The predicted molar refractivity (Wildman–Crippen MR) is 54.2 cm³/mol. The molecule has 0 aliphatic rings. The summed E-state index contributed by atoms with van der Waals surface area (Å²) in [6.45, 7) is 0. The third-order valence-corrected chi connectivity index (χ3v) is 2.19. The first-order valence-corrected chi connectivity index (χ1v) is 4.61. The quantitative estimate of drug-likeness (QED) is 0.788. The van der Waals surface area contributed by atoms with Crippen molar-refractivity contribution in [3.05, 3.63) is 56.5 Å². The van der Waals surface area contributed by atoms with Crippen molar-refractivity contribution in [3.8, 4) is 11.6 Å². The van der Waals surface area contributed by atoms with Gasteiger partial charge >= 0.3 is 5.69 Å². The Morgan fingerprint density at radius 1 is 1.11 bits per heavy atom. The molecule has 0 atom stereocenters. The highest BCUT2D eigenvalue weighted by Gasteiger charge is 2.20. The van der Waals surface area contributed by atoms with Crippen molar-refractivity contribution >= 4 is 0 Å². The predicted octanol–water partition coefficient (Wildman–Crippen LogP) is 0.649. The van der Waals surface area contributed by atoms with E-state index < -0.39 is 40.3 Å². The standard InChI is InChI=1S/C10H5F3N2O3/c11-4-2-1-3-5(12)7(4)15-9(17)6(13)8(16)14-10(15)18/h1-3,17H,(H,14,16,18). The van der Waals surface area contributed by atoms with Crippen molar-refractivity contribution < 1.29 is 18.3 Å². The second-order valence-electron chi connectivity index (χ2n) is 3.30. The Hall–Kier alpha value is -2.51. The molecule has 2 aromatic rings. The summed E-state index contributed by atoms with van der Waals surface area (Å²) in [6, 6.07) is 2.65. The average Bonchev–Trinajstić information content (AvgIpc) is 2.30. The highest BCUT2D eigenvalue weighted by atomic mass is 19.1. The smallest absolute Gasteiger partial charge is 0.336 e. The van der Waals surface area contributed by atoms with E-state index in [1.165, 1.54) is 4.98 Å². The first-order chi connectivity index (χ1) is 8.43. The van der Waals surface area contributed by atoms with E-state index in [9.17, 15) is 27.9 Å². The van der Waals surface area contributed by atoms with Gasteiger partial charge in [0.2, 0.25) is 11.7 Å². The zero-order valence-electron chi connectivity index (χ0n) is 8.58. The summed E-state index contributed by atoms with van der Waals surface area (Å²) in [6.07, 6.45) is 0. The summed E-state index contributed by atoms with van der Waals surface area (Å²) in [5, 5.41) is 9.30. The van der Waals surface area contributed by atoms with Crippen LogP contribution in [0.25, 0.3) is 5.69 Å². The number of H-pyrrole nitrogens is 1. The normalized spacial score (nSPS) is 10.6. The van der Waals surface area contributed by atoms with Gasteiger partial charge < -0.3 is 5.11 Å². The largest absolute Gasteiger partial charge is 0.492 e. The maximum Gasteiger partial charge on any atom is 0.336 e. The molecular formula is C10H5F3N2O3. The van der Waals surface area contributed by atoms with Crippen LogP contribution in [0, 0.1) is 17.5 Å². The molecule has 8 heteroatoms. The molecule has 1 aromatic heterocycles. The molecule has 94 valence electrons. The third-order valence-electron chi connectivity index (χ3n) is 2.19. The molecule has 0 aliphatic heterocycles. The lowest BCUT2D eigenvalue weighted by molar-refractivity contribution is 0.381. The minimum absolute atomic E-state index is 0.00139. The van der Waals surface area contributed by atoms with Crippen LogP contribution < -0.4 is 11.2 Å². The van der Waals surface area contributed by atoms with Gasteiger partial charge in [-0.15, -0.1) is 0 Å². The van der Waals surface area contributed by atoms with Crippen LogP contribution in [0.15, 0.2) is 27.8 Å². The molecule has 5 nitrogen and oxygen atoms in total. The van der Waals surface area contributed by atoms with Crippen molar-refractivity contribution in [2.75, 3.05) is 0 Å². The number of aromatic nitrogens is 2. The number of nitrogens with zero attached hydrogens (tertiary/aromatic N) is 1. The van der Waals surface area contributed by atoms with Crippen molar-refractivity contribution in [2.24, 2.45) is 0 Å². The molecule has 0 saturated heterocycles. The number of hydrogen-bond donors (Lipinski definition) is 2. The van der Waals surface area contributed by atoms with E-state index in [0.29, 0.717) is 0 Å². The van der Waals surface area contributed by atoms with Crippen molar-refractivity contribution in [3.63, 3.8) is 0 Å². The van der Waals surface area contributed by atoms with Gasteiger partial charge in [-0.1, -0.05) is 6.07 Å². The fraction of sp³-hybridized carbons (Fsp3) is 0. The minimum Gasteiger partial charge on any atom is -0.492 e. The summed E-state index contributed by atoms with van der Waals surface area (Å²) in [5.74, 6) is -5.57. The van der Waals surface area contributed by atoms with Crippen molar-refractivity contribution in [1.29, 1.82) is 0 Å². The third kappa shape index (κ3) is 1.67. The molecule has 0 spiro atoms. The average molecular weight is 258 g/mol. The number of para-hydroxylation sites is 1. The van der Waals surface area contributed by atoms with Crippen molar-refractivity contribution in [1.82, 2.24) is 9.55 Å². The van der Waals surface area contributed by atoms with Crippen LogP contribution in [0.1, 0.15) is 0 Å². The number of hydrogen-bond acceptors (Lipinski definition) is 3. The van der Waals surface area contributed by atoms with Crippen LogP contribution in [0.3, 0.4) is 0 Å².